The van der Waals surface area contributed by atoms with Crippen LogP contribution in [0.15, 0.2) is 52.1 Å². The Balaban J connectivity index is 2.24. The molecule has 2 aromatic heterocycles. The fourth-order valence-electron chi connectivity index (χ4n) is 2.63. The molecule has 2 heterocycles. The maximum absolute atomic E-state index is 12.1. The fraction of sp³-hybridized carbons (Fsp3) is 0.211. The maximum Gasteiger partial charge on any atom is 0.267 e. The number of aromatic nitrogens is 3. The summed E-state index contributed by atoms with van der Waals surface area (Å²) in [6, 6.07) is 11.8. The van der Waals surface area contributed by atoms with Gasteiger partial charge in [-0.25, -0.2) is 4.68 Å². The SMILES string of the molecule is COc1ccc(-c2[nH]c(=O)c(Cl)cc2-c2ccc(=O)n(C(C)C)n2)cc1. The first-order valence-corrected chi connectivity index (χ1v) is 8.46. The average molecular weight is 372 g/mol. The molecule has 0 fully saturated rings. The highest BCUT2D eigenvalue weighted by Crippen LogP contribution is 2.30. The van der Waals surface area contributed by atoms with Crippen LogP contribution in [0.1, 0.15) is 19.9 Å². The van der Waals surface area contributed by atoms with Gasteiger partial charge in [-0.05, 0) is 55.8 Å². The zero-order chi connectivity index (χ0) is 18.8. The highest BCUT2D eigenvalue weighted by molar-refractivity contribution is 6.30. The van der Waals surface area contributed by atoms with Crippen molar-refractivity contribution in [3.8, 4) is 28.3 Å². The summed E-state index contributed by atoms with van der Waals surface area (Å²) in [4.78, 5) is 26.9. The normalized spacial score (nSPS) is 11.0. The predicted octanol–water partition coefficient (Wildman–Crippen LogP) is 3.51. The van der Waals surface area contributed by atoms with Gasteiger partial charge in [-0.2, -0.15) is 5.10 Å². The third kappa shape index (κ3) is 3.41. The first kappa shape index (κ1) is 17.9. The summed E-state index contributed by atoms with van der Waals surface area (Å²) in [5, 5.41) is 4.49. The summed E-state index contributed by atoms with van der Waals surface area (Å²) in [6.45, 7) is 3.75. The monoisotopic (exact) mass is 371 g/mol. The summed E-state index contributed by atoms with van der Waals surface area (Å²) >= 11 is 6.04. The van der Waals surface area contributed by atoms with Gasteiger partial charge in [0.15, 0.2) is 0 Å². The van der Waals surface area contributed by atoms with Crippen LogP contribution >= 0.6 is 11.6 Å². The van der Waals surface area contributed by atoms with Crippen molar-refractivity contribution < 1.29 is 4.74 Å². The minimum atomic E-state index is -0.390. The molecule has 0 aliphatic rings. The van der Waals surface area contributed by atoms with Crippen LogP contribution in [0.4, 0.5) is 0 Å². The molecule has 1 aromatic carbocycles. The maximum atomic E-state index is 12.1. The minimum Gasteiger partial charge on any atom is -0.497 e. The van der Waals surface area contributed by atoms with Gasteiger partial charge in [-0.15, -0.1) is 0 Å². The lowest BCUT2D eigenvalue weighted by Crippen LogP contribution is -2.24. The number of nitrogens with one attached hydrogen (secondary N) is 1. The van der Waals surface area contributed by atoms with E-state index in [1.54, 1.807) is 31.4 Å². The highest BCUT2D eigenvalue weighted by Gasteiger charge is 2.15. The number of aromatic amines is 1. The van der Waals surface area contributed by atoms with Gasteiger partial charge in [0.25, 0.3) is 11.1 Å². The van der Waals surface area contributed by atoms with Gasteiger partial charge < -0.3 is 9.72 Å². The lowest BCUT2D eigenvalue weighted by Gasteiger charge is -2.13. The number of benzene rings is 1. The van der Waals surface area contributed by atoms with E-state index in [1.807, 2.05) is 26.0 Å². The lowest BCUT2D eigenvalue weighted by atomic mass is 10.0. The first-order valence-electron chi connectivity index (χ1n) is 8.08. The topological polar surface area (TPSA) is 77.0 Å². The molecule has 26 heavy (non-hydrogen) atoms. The molecule has 0 aliphatic carbocycles. The number of nitrogens with zero attached hydrogens (tertiary/aromatic N) is 2. The van der Waals surface area contributed by atoms with Crippen molar-refractivity contribution in [2.24, 2.45) is 0 Å². The van der Waals surface area contributed by atoms with Crippen molar-refractivity contribution >= 4 is 11.6 Å². The Morgan fingerprint density at radius 3 is 2.42 bits per heavy atom. The molecule has 0 saturated carbocycles. The van der Waals surface area contributed by atoms with Crippen molar-refractivity contribution in [3.63, 3.8) is 0 Å². The number of hydrogen-bond acceptors (Lipinski definition) is 4. The Morgan fingerprint density at radius 1 is 1.12 bits per heavy atom. The third-order valence-electron chi connectivity index (χ3n) is 3.96. The number of halogens is 1. The zero-order valence-electron chi connectivity index (χ0n) is 14.6. The summed E-state index contributed by atoms with van der Waals surface area (Å²) < 4.78 is 6.57. The number of hydrogen-bond donors (Lipinski definition) is 1. The Bertz CT molecular complexity index is 1050. The van der Waals surface area contributed by atoms with E-state index in [4.69, 9.17) is 16.3 Å². The molecule has 0 aliphatic heterocycles. The molecule has 3 aromatic rings. The van der Waals surface area contributed by atoms with E-state index in [0.29, 0.717) is 22.7 Å². The largest absolute Gasteiger partial charge is 0.497 e. The number of ether oxygens (including phenoxy) is 1. The van der Waals surface area contributed by atoms with Crippen LogP contribution in [0.25, 0.3) is 22.5 Å². The van der Waals surface area contributed by atoms with Crippen LogP contribution in [-0.2, 0) is 0 Å². The van der Waals surface area contributed by atoms with Crippen molar-refractivity contribution in [2.45, 2.75) is 19.9 Å². The van der Waals surface area contributed by atoms with Crippen LogP contribution < -0.4 is 15.9 Å². The molecule has 0 bridgehead atoms. The van der Waals surface area contributed by atoms with E-state index in [1.165, 1.54) is 10.7 Å². The van der Waals surface area contributed by atoms with E-state index in [0.717, 1.165) is 5.56 Å². The summed E-state index contributed by atoms with van der Waals surface area (Å²) in [5.74, 6) is 0.707. The van der Waals surface area contributed by atoms with E-state index < -0.39 is 5.56 Å². The number of H-pyrrole nitrogens is 1. The van der Waals surface area contributed by atoms with Gasteiger partial charge in [0, 0.05) is 11.6 Å². The van der Waals surface area contributed by atoms with Gasteiger partial charge >= 0.3 is 0 Å². The first-order chi connectivity index (χ1) is 12.4. The molecular formula is C19H18ClN3O3. The molecule has 3 rings (SSSR count). The molecule has 7 heteroatoms. The second kappa shape index (κ2) is 7.17. The molecule has 0 radical (unpaired) electrons. The van der Waals surface area contributed by atoms with E-state index in [9.17, 15) is 9.59 Å². The smallest absolute Gasteiger partial charge is 0.267 e. The lowest BCUT2D eigenvalue weighted by molar-refractivity contribution is 0.415. The molecule has 0 spiro atoms. The van der Waals surface area contributed by atoms with Crippen molar-refractivity contribution in [1.29, 1.82) is 0 Å². The summed E-state index contributed by atoms with van der Waals surface area (Å²) in [7, 11) is 1.59. The van der Waals surface area contributed by atoms with Crippen LogP contribution in [-0.4, -0.2) is 21.9 Å². The van der Waals surface area contributed by atoms with Crippen LogP contribution in [0, 0.1) is 0 Å². The second-order valence-electron chi connectivity index (χ2n) is 6.06. The van der Waals surface area contributed by atoms with Crippen LogP contribution in [0.5, 0.6) is 5.75 Å². The van der Waals surface area contributed by atoms with Gasteiger partial charge in [0.2, 0.25) is 0 Å². The van der Waals surface area contributed by atoms with Crippen molar-refractivity contribution in [3.05, 3.63) is 68.2 Å². The summed E-state index contributed by atoms with van der Waals surface area (Å²) in [6.07, 6.45) is 0. The average Bonchev–Trinajstić information content (AvgIpc) is 2.64. The number of rotatable bonds is 4. The minimum absolute atomic E-state index is 0.0568. The standard InChI is InChI=1S/C19H18ClN3O3/c1-11(2)23-17(24)9-8-16(22-23)14-10-15(20)19(25)21-18(14)12-4-6-13(26-3)7-5-12/h4-11H,1-3H3,(H,21,25). The second-order valence-corrected chi connectivity index (χ2v) is 6.47. The van der Waals surface area contributed by atoms with E-state index >= 15 is 0 Å². The van der Waals surface area contributed by atoms with Gasteiger partial charge in [-0.1, -0.05) is 11.6 Å². The van der Waals surface area contributed by atoms with Gasteiger partial charge in [-0.3, -0.25) is 9.59 Å². The summed E-state index contributed by atoms with van der Waals surface area (Å²) in [5.41, 5.74) is 1.95. The Hall–Kier alpha value is -2.86. The van der Waals surface area contributed by atoms with Gasteiger partial charge in [0.1, 0.15) is 10.8 Å². The molecule has 134 valence electrons. The molecule has 6 nitrogen and oxygen atoms in total. The van der Waals surface area contributed by atoms with E-state index in [2.05, 4.69) is 10.1 Å². The molecule has 1 N–H and O–H groups in total. The molecule has 0 unspecified atom stereocenters. The fourth-order valence-corrected chi connectivity index (χ4v) is 2.79. The molecular weight excluding hydrogens is 354 g/mol. The predicted molar refractivity (Wildman–Crippen MR) is 102 cm³/mol. The Morgan fingerprint density at radius 2 is 1.81 bits per heavy atom. The Kier molecular flexibility index (Phi) is 4.95. The van der Waals surface area contributed by atoms with Gasteiger partial charge in [0.05, 0.1) is 24.5 Å². The number of pyridine rings is 1. The van der Waals surface area contributed by atoms with E-state index in [-0.39, 0.29) is 16.6 Å². The number of methoxy groups -OCH3 is 1. The highest BCUT2D eigenvalue weighted by atomic mass is 35.5. The Labute approximate surface area is 155 Å². The quantitative estimate of drug-likeness (QED) is 0.761. The van der Waals surface area contributed by atoms with Crippen LogP contribution in [0.3, 0.4) is 0 Å². The van der Waals surface area contributed by atoms with Crippen molar-refractivity contribution in [1.82, 2.24) is 14.8 Å². The third-order valence-corrected chi connectivity index (χ3v) is 4.25. The molecule has 0 amide bonds. The molecule has 0 atom stereocenters. The zero-order valence-corrected chi connectivity index (χ0v) is 15.4. The van der Waals surface area contributed by atoms with Crippen molar-refractivity contribution in [2.75, 3.05) is 7.11 Å². The van der Waals surface area contributed by atoms with Crippen LogP contribution in [0.2, 0.25) is 5.02 Å². The molecule has 0 saturated heterocycles.